The number of aliphatic hydroxyl groups excluding tert-OH is 1. The van der Waals surface area contributed by atoms with Crippen LogP contribution in [0.25, 0.3) is 0 Å². The Hall–Kier alpha value is -3.31. The van der Waals surface area contributed by atoms with Crippen molar-refractivity contribution in [2.75, 3.05) is 33.3 Å². The summed E-state index contributed by atoms with van der Waals surface area (Å²) >= 11 is 0. The van der Waals surface area contributed by atoms with Gasteiger partial charge in [-0.3, -0.25) is 19.3 Å². The van der Waals surface area contributed by atoms with Crippen LogP contribution in [0, 0.1) is 17.6 Å². The summed E-state index contributed by atoms with van der Waals surface area (Å²) in [4.78, 5) is 43.0. The maximum absolute atomic E-state index is 14.0. The molecule has 200 valence electrons. The minimum atomic E-state index is -1.01. The predicted octanol–water partition coefficient (Wildman–Crippen LogP) is 1.70. The Bertz CT molecular complexity index is 1230. The SMILES string of the molecule is CN1C(=O)c2c(O)c(=O)c(C(=O)NCc3ccc(F)cc3F)cn2CCN(CCO)C[C@@H]2CCCC[C@@H]21. The summed E-state index contributed by atoms with van der Waals surface area (Å²) in [7, 11) is 1.66. The van der Waals surface area contributed by atoms with E-state index in [-0.39, 0.29) is 42.9 Å². The number of carbonyl (C=O) groups excluding carboxylic acids is 2. The van der Waals surface area contributed by atoms with Crippen LogP contribution in [-0.4, -0.2) is 75.7 Å². The molecule has 0 saturated heterocycles. The number of aliphatic hydroxyl groups is 1. The fourth-order valence-electron chi connectivity index (χ4n) is 5.39. The third kappa shape index (κ3) is 5.67. The zero-order chi connectivity index (χ0) is 26.7. The van der Waals surface area contributed by atoms with Gasteiger partial charge in [-0.2, -0.15) is 0 Å². The van der Waals surface area contributed by atoms with Crippen LogP contribution < -0.4 is 10.7 Å². The molecule has 2 heterocycles. The highest BCUT2D eigenvalue weighted by atomic mass is 19.1. The van der Waals surface area contributed by atoms with Crippen LogP contribution in [0.4, 0.5) is 8.78 Å². The van der Waals surface area contributed by atoms with Gasteiger partial charge >= 0.3 is 0 Å². The first kappa shape index (κ1) is 26.7. The molecular weight excluding hydrogens is 486 g/mol. The lowest BCUT2D eigenvalue weighted by Crippen LogP contribution is -2.50. The number of β-amino-alcohol motifs (C(OH)–C–C–N with tert-alkyl or cyclic N) is 1. The van der Waals surface area contributed by atoms with Crippen molar-refractivity contribution in [3.05, 3.63) is 63.1 Å². The zero-order valence-corrected chi connectivity index (χ0v) is 20.8. The molecule has 37 heavy (non-hydrogen) atoms. The van der Waals surface area contributed by atoms with Crippen molar-refractivity contribution < 1.29 is 28.6 Å². The van der Waals surface area contributed by atoms with E-state index in [0.29, 0.717) is 25.7 Å². The molecule has 2 aromatic rings. The summed E-state index contributed by atoms with van der Waals surface area (Å²) in [6.45, 7) is 1.40. The van der Waals surface area contributed by atoms with Crippen LogP contribution in [0.5, 0.6) is 5.75 Å². The van der Waals surface area contributed by atoms with Gasteiger partial charge in [0.05, 0.1) is 6.61 Å². The highest BCUT2D eigenvalue weighted by Gasteiger charge is 2.36. The van der Waals surface area contributed by atoms with E-state index in [2.05, 4.69) is 10.2 Å². The number of hydrogen-bond acceptors (Lipinski definition) is 6. The Labute approximate surface area is 213 Å². The van der Waals surface area contributed by atoms with E-state index in [1.54, 1.807) is 11.9 Å². The van der Waals surface area contributed by atoms with Crippen LogP contribution >= 0.6 is 0 Å². The van der Waals surface area contributed by atoms with Crippen LogP contribution in [-0.2, 0) is 13.1 Å². The monoisotopic (exact) mass is 518 g/mol. The quantitative estimate of drug-likeness (QED) is 0.555. The van der Waals surface area contributed by atoms with Crippen LogP contribution in [0.3, 0.4) is 0 Å². The molecule has 11 heteroatoms. The first-order valence-corrected chi connectivity index (χ1v) is 12.5. The van der Waals surface area contributed by atoms with Crippen molar-refractivity contribution in [2.24, 2.45) is 5.92 Å². The number of fused-ring (bicyclic) bond motifs is 2. The van der Waals surface area contributed by atoms with Gasteiger partial charge in [-0.1, -0.05) is 18.9 Å². The van der Waals surface area contributed by atoms with Gasteiger partial charge in [0.1, 0.15) is 17.2 Å². The normalized spacial score (nSPS) is 20.8. The largest absolute Gasteiger partial charge is 0.503 e. The topological polar surface area (TPSA) is 115 Å². The van der Waals surface area contributed by atoms with Gasteiger partial charge in [0.25, 0.3) is 11.8 Å². The molecule has 4 rings (SSSR count). The van der Waals surface area contributed by atoms with Crippen molar-refractivity contribution in [2.45, 2.75) is 44.8 Å². The van der Waals surface area contributed by atoms with Gasteiger partial charge < -0.3 is 25.0 Å². The Morgan fingerprint density at radius 3 is 2.65 bits per heavy atom. The molecule has 3 N–H and O–H groups in total. The minimum absolute atomic E-state index is 0.0246. The second kappa shape index (κ2) is 11.4. The van der Waals surface area contributed by atoms with Crippen molar-refractivity contribution in [1.29, 1.82) is 0 Å². The molecule has 2 amide bonds. The van der Waals surface area contributed by atoms with Gasteiger partial charge in [0.15, 0.2) is 11.4 Å². The fourth-order valence-corrected chi connectivity index (χ4v) is 5.39. The average molecular weight is 519 g/mol. The Kier molecular flexibility index (Phi) is 8.23. The number of nitrogens with zero attached hydrogens (tertiary/aromatic N) is 3. The number of halogens is 2. The van der Waals surface area contributed by atoms with E-state index in [9.17, 15) is 33.4 Å². The van der Waals surface area contributed by atoms with Crippen molar-refractivity contribution >= 4 is 11.8 Å². The molecule has 2 atom stereocenters. The Balaban J connectivity index is 1.68. The highest BCUT2D eigenvalue weighted by molar-refractivity contribution is 5.98. The first-order valence-electron chi connectivity index (χ1n) is 12.5. The standard InChI is InChI=1S/C26H32F2N4O5/c1-30-21-5-3-2-4-17(21)14-31(10-11-33)8-9-32-15-19(23(34)24(35)22(32)26(30)37)25(36)29-13-16-6-7-18(27)12-20(16)28/h6-7,12,15,17,21,33,35H,2-5,8-11,13-14H2,1H3,(H,29,36)/t17-,21-/m0/s1. The van der Waals surface area contributed by atoms with Crippen molar-refractivity contribution in [1.82, 2.24) is 19.7 Å². The third-order valence-corrected chi connectivity index (χ3v) is 7.41. The molecule has 1 fully saturated rings. The molecule has 2 aliphatic rings. The summed E-state index contributed by atoms with van der Waals surface area (Å²) in [5.74, 6) is -3.58. The minimum Gasteiger partial charge on any atom is -0.503 e. The van der Waals surface area contributed by atoms with E-state index in [1.807, 2.05) is 0 Å². The lowest BCUT2D eigenvalue weighted by molar-refractivity contribution is 0.0495. The van der Waals surface area contributed by atoms with E-state index in [0.717, 1.165) is 31.7 Å². The molecule has 9 nitrogen and oxygen atoms in total. The Morgan fingerprint density at radius 2 is 1.92 bits per heavy atom. The van der Waals surface area contributed by atoms with E-state index in [4.69, 9.17) is 0 Å². The number of aromatic nitrogens is 1. The molecule has 0 spiro atoms. The second-order valence-corrected chi connectivity index (χ2v) is 9.73. The summed E-state index contributed by atoms with van der Waals surface area (Å²) in [5, 5.41) is 22.9. The molecule has 1 aromatic carbocycles. The van der Waals surface area contributed by atoms with E-state index in [1.165, 1.54) is 16.8 Å². The second-order valence-electron chi connectivity index (χ2n) is 9.73. The molecule has 1 aliphatic heterocycles. The summed E-state index contributed by atoms with van der Waals surface area (Å²) in [5.41, 5.74) is -1.57. The smallest absolute Gasteiger partial charge is 0.274 e. The van der Waals surface area contributed by atoms with Gasteiger partial charge in [-0.05, 0) is 24.8 Å². The van der Waals surface area contributed by atoms with Gasteiger partial charge in [0, 0.05) is 63.6 Å². The van der Waals surface area contributed by atoms with E-state index >= 15 is 0 Å². The number of aromatic hydroxyl groups is 1. The lowest BCUT2D eigenvalue weighted by Gasteiger charge is -2.41. The molecule has 1 aromatic heterocycles. The van der Waals surface area contributed by atoms with Crippen molar-refractivity contribution in [3.8, 4) is 5.75 Å². The maximum Gasteiger partial charge on any atom is 0.274 e. The fraction of sp³-hybridized carbons (Fsp3) is 0.500. The highest BCUT2D eigenvalue weighted by Crippen LogP contribution is 2.31. The average Bonchev–Trinajstić information content (AvgIpc) is 2.87. The predicted molar refractivity (Wildman–Crippen MR) is 131 cm³/mol. The van der Waals surface area contributed by atoms with Gasteiger partial charge in [-0.25, -0.2) is 8.78 Å². The summed E-state index contributed by atoms with van der Waals surface area (Å²) < 4.78 is 28.5. The molecular formula is C26H32F2N4O5. The van der Waals surface area contributed by atoms with Gasteiger partial charge in [-0.15, -0.1) is 0 Å². The number of pyridine rings is 1. The number of carbonyl (C=O) groups is 2. The molecule has 1 aliphatic carbocycles. The number of amides is 2. The molecule has 0 radical (unpaired) electrons. The van der Waals surface area contributed by atoms with Crippen LogP contribution in [0.1, 0.15) is 52.1 Å². The van der Waals surface area contributed by atoms with Gasteiger partial charge in [0.2, 0.25) is 5.43 Å². The third-order valence-electron chi connectivity index (χ3n) is 7.41. The summed E-state index contributed by atoms with van der Waals surface area (Å²) in [6, 6.07) is 2.85. The van der Waals surface area contributed by atoms with E-state index < -0.39 is 40.2 Å². The van der Waals surface area contributed by atoms with Crippen LogP contribution in [0.15, 0.2) is 29.2 Å². The number of benzene rings is 1. The summed E-state index contributed by atoms with van der Waals surface area (Å²) in [6.07, 6.45) is 4.99. The number of hydrogen-bond donors (Lipinski definition) is 3. The first-order chi connectivity index (χ1) is 17.7. The molecule has 1 saturated carbocycles. The Morgan fingerprint density at radius 1 is 1.16 bits per heavy atom. The van der Waals surface area contributed by atoms with Crippen LogP contribution in [0.2, 0.25) is 0 Å². The zero-order valence-electron chi connectivity index (χ0n) is 20.8. The number of rotatable bonds is 5. The lowest BCUT2D eigenvalue weighted by atomic mass is 9.83. The number of nitrogens with one attached hydrogen (secondary N) is 1. The molecule has 0 unspecified atom stereocenters. The maximum atomic E-state index is 14.0. The van der Waals surface area contributed by atoms with Crippen molar-refractivity contribution in [3.63, 3.8) is 0 Å². The molecule has 0 bridgehead atoms.